The van der Waals surface area contributed by atoms with Crippen molar-refractivity contribution in [3.8, 4) is 0 Å². The predicted octanol–water partition coefficient (Wildman–Crippen LogP) is 6.82. The van der Waals surface area contributed by atoms with Crippen LogP contribution in [0.4, 0.5) is 0 Å². The van der Waals surface area contributed by atoms with Crippen molar-refractivity contribution in [1.82, 2.24) is 4.57 Å². The molecule has 0 saturated heterocycles. The summed E-state index contributed by atoms with van der Waals surface area (Å²) in [6.45, 7) is 5.85. The fourth-order valence-electron chi connectivity index (χ4n) is 3.60. The monoisotopic (exact) mass is 349 g/mol. The minimum absolute atomic E-state index is 0.891. The smallest absolute Gasteiger partial charge is 0.240 e. The van der Waals surface area contributed by atoms with E-state index < -0.39 is 0 Å². The maximum absolute atomic E-state index is 2.34. The minimum atomic E-state index is 0.891. The molecule has 0 N–H and O–H groups in total. The first-order valence-corrected chi connectivity index (χ1v) is 11.2. The highest BCUT2D eigenvalue weighted by Crippen LogP contribution is 2.14. The van der Waals surface area contributed by atoms with Crippen molar-refractivity contribution in [2.24, 2.45) is 13.0 Å². The Balaban J connectivity index is 1.70. The summed E-state index contributed by atoms with van der Waals surface area (Å²) in [5.74, 6) is 0.891. The van der Waals surface area contributed by atoms with Gasteiger partial charge in [0.2, 0.25) is 6.33 Å². The Bertz CT molecular complexity index is 395. The lowest BCUT2D eigenvalue weighted by molar-refractivity contribution is -0.696. The molecule has 1 aromatic rings. The Morgan fingerprint density at radius 3 is 1.52 bits per heavy atom. The Hall–Kier alpha value is -0.790. The van der Waals surface area contributed by atoms with E-state index >= 15 is 0 Å². The van der Waals surface area contributed by atoms with Crippen molar-refractivity contribution in [1.29, 1.82) is 0 Å². The van der Waals surface area contributed by atoms with Crippen molar-refractivity contribution >= 4 is 0 Å². The van der Waals surface area contributed by atoms with Crippen LogP contribution in [0.5, 0.6) is 0 Å². The molecular formula is C23H45N2+. The predicted molar refractivity (Wildman–Crippen MR) is 110 cm³/mol. The summed E-state index contributed by atoms with van der Waals surface area (Å²) >= 11 is 0. The number of imidazole rings is 1. The maximum atomic E-state index is 2.34. The highest BCUT2D eigenvalue weighted by molar-refractivity contribution is 4.62. The number of aryl methyl sites for hydroxylation is 2. The molecule has 0 aliphatic carbocycles. The van der Waals surface area contributed by atoms with Gasteiger partial charge >= 0.3 is 0 Å². The Morgan fingerprint density at radius 1 is 0.680 bits per heavy atom. The molecule has 0 aromatic carbocycles. The molecule has 0 amide bonds. The van der Waals surface area contributed by atoms with Gasteiger partial charge in [0.15, 0.2) is 0 Å². The van der Waals surface area contributed by atoms with Crippen LogP contribution in [-0.4, -0.2) is 4.57 Å². The molecule has 0 saturated carbocycles. The molecule has 0 spiro atoms. The van der Waals surface area contributed by atoms with Gasteiger partial charge in [0.1, 0.15) is 12.4 Å². The molecule has 1 aromatic heterocycles. The molecule has 0 bridgehead atoms. The van der Waals surface area contributed by atoms with E-state index in [0.29, 0.717) is 0 Å². The first kappa shape index (κ1) is 22.3. The van der Waals surface area contributed by atoms with Crippen LogP contribution < -0.4 is 4.57 Å². The van der Waals surface area contributed by atoms with Gasteiger partial charge in [-0.25, -0.2) is 9.13 Å². The van der Waals surface area contributed by atoms with Crippen molar-refractivity contribution < 1.29 is 4.57 Å². The van der Waals surface area contributed by atoms with Gasteiger partial charge in [-0.2, -0.15) is 0 Å². The first-order valence-electron chi connectivity index (χ1n) is 11.2. The topological polar surface area (TPSA) is 8.81 Å². The van der Waals surface area contributed by atoms with Gasteiger partial charge < -0.3 is 0 Å². The zero-order chi connectivity index (χ0) is 18.2. The van der Waals surface area contributed by atoms with Crippen molar-refractivity contribution in [2.45, 2.75) is 117 Å². The van der Waals surface area contributed by atoms with Crippen LogP contribution in [-0.2, 0) is 13.6 Å². The zero-order valence-electron chi connectivity index (χ0n) is 17.5. The van der Waals surface area contributed by atoms with Gasteiger partial charge in [0.25, 0.3) is 0 Å². The summed E-state index contributed by atoms with van der Waals surface area (Å²) in [6, 6.07) is 0. The van der Waals surface area contributed by atoms with Crippen LogP contribution in [0.3, 0.4) is 0 Å². The molecule has 0 aliphatic heterocycles. The minimum Gasteiger partial charge on any atom is -0.240 e. The second-order valence-corrected chi connectivity index (χ2v) is 8.45. The number of hydrogen-bond acceptors (Lipinski definition) is 0. The molecule has 0 atom stereocenters. The van der Waals surface area contributed by atoms with E-state index in [-0.39, 0.29) is 0 Å². The highest BCUT2D eigenvalue weighted by Gasteiger charge is 1.99. The van der Waals surface area contributed by atoms with Crippen molar-refractivity contribution in [3.05, 3.63) is 18.7 Å². The molecule has 0 aliphatic rings. The Kier molecular flexibility index (Phi) is 13.8. The van der Waals surface area contributed by atoms with E-state index in [1.807, 2.05) is 0 Å². The van der Waals surface area contributed by atoms with Crippen LogP contribution in [0.15, 0.2) is 18.7 Å². The standard InChI is InChI=1S/C23H45N2/c1-23(2)18-16-14-12-10-8-6-4-5-7-9-11-13-15-17-19-25-21-20-24(3)22-25/h20-23H,4-19H2,1-3H3/q+1. The normalized spacial score (nSPS) is 11.5. The van der Waals surface area contributed by atoms with E-state index in [1.165, 1.54) is 103 Å². The summed E-state index contributed by atoms with van der Waals surface area (Å²) in [5.41, 5.74) is 0. The fraction of sp³-hybridized carbons (Fsp3) is 0.870. The lowest BCUT2D eigenvalue weighted by Crippen LogP contribution is -2.30. The average molecular weight is 350 g/mol. The molecule has 2 heteroatoms. The van der Waals surface area contributed by atoms with Gasteiger partial charge in [-0.15, -0.1) is 0 Å². The molecular weight excluding hydrogens is 304 g/mol. The van der Waals surface area contributed by atoms with Gasteiger partial charge in [-0.3, -0.25) is 0 Å². The van der Waals surface area contributed by atoms with Crippen LogP contribution >= 0.6 is 0 Å². The third-order valence-corrected chi connectivity index (χ3v) is 5.27. The number of hydrogen-bond donors (Lipinski definition) is 0. The second-order valence-electron chi connectivity index (χ2n) is 8.45. The lowest BCUT2D eigenvalue weighted by Gasteiger charge is -2.05. The third kappa shape index (κ3) is 14.1. The third-order valence-electron chi connectivity index (χ3n) is 5.27. The fourth-order valence-corrected chi connectivity index (χ4v) is 3.60. The molecule has 1 heterocycles. The van der Waals surface area contributed by atoms with Crippen LogP contribution in [0.1, 0.15) is 110 Å². The van der Waals surface area contributed by atoms with E-state index in [4.69, 9.17) is 0 Å². The van der Waals surface area contributed by atoms with E-state index in [9.17, 15) is 0 Å². The maximum Gasteiger partial charge on any atom is 0.243 e. The van der Waals surface area contributed by atoms with Gasteiger partial charge in [-0.05, 0) is 18.8 Å². The number of unbranched alkanes of at least 4 members (excludes halogenated alkanes) is 13. The molecule has 0 unspecified atom stereocenters. The van der Waals surface area contributed by atoms with Crippen molar-refractivity contribution in [2.75, 3.05) is 0 Å². The van der Waals surface area contributed by atoms with Gasteiger partial charge in [0.05, 0.1) is 13.6 Å². The van der Waals surface area contributed by atoms with Crippen molar-refractivity contribution in [3.63, 3.8) is 0 Å². The first-order chi connectivity index (χ1) is 12.2. The van der Waals surface area contributed by atoms with Crippen LogP contribution in [0, 0.1) is 5.92 Å². The number of aromatic nitrogens is 2. The average Bonchev–Trinajstić information content (AvgIpc) is 2.99. The van der Waals surface area contributed by atoms with Gasteiger partial charge in [0, 0.05) is 0 Å². The van der Waals surface area contributed by atoms with Gasteiger partial charge in [-0.1, -0.05) is 97.3 Å². The summed E-state index contributed by atoms with van der Waals surface area (Å²) < 4.78 is 4.41. The van der Waals surface area contributed by atoms with E-state index in [2.05, 4.69) is 48.8 Å². The molecule has 2 nitrogen and oxygen atoms in total. The number of nitrogens with zero attached hydrogens (tertiary/aromatic N) is 2. The molecule has 0 radical (unpaired) electrons. The second kappa shape index (κ2) is 15.5. The quantitative estimate of drug-likeness (QED) is 0.215. The lowest BCUT2D eigenvalue weighted by atomic mass is 10.0. The summed E-state index contributed by atoms with van der Waals surface area (Å²) in [6.07, 6.45) is 28.1. The van der Waals surface area contributed by atoms with E-state index in [1.54, 1.807) is 0 Å². The van der Waals surface area contributed by atoms with Crippen LogP contribution in [0.2, 0.25) is 0 Å². The molecule has 1 rings (SSSR count). The largest absolute Gasteiger partial charge is 0.243 e. The SMILES string of the molecule is CC(C)CCCCCCCCCCCCCCCC[n+]1ccn(C)c1. The Labute approximate surface area is 158 Å². The number of rotatable bonds is 17. The molecule has 25 heavy (non-hydrogen) atoms. The van der Waals surface area contributed by atoms with Crippen LogP contribution in [0.25, 0.3) is 0 Å². The molecule has 0 fully saturated rings. The van der Waals surface area contributed by atoms with E-state index in [0.717, 1.165) is 5.92 Å². The Morgan fingerprint density at radius 2 is 1.12 bits per heavy atom. The summed E-state index contributed by atoms with van der Waals surface area (Å²) in [7, 11) is 2.09. The summed E-state index contributed by atoms with van der Waals surface area (Å²) in [4.78, 5) is 0. The highest BCUT2D eigenvalue weighted by atomic mass is 15.1. The zero-order valence-corrected chi connectivity index (χ0v) is 17.5. The molecule has 146 valence electrons. The summed E-state index contributed by atoms with van der Waals surface area (Å²) in [5, 5.41) is 0.